The summed E-state index contributed by atoms with van der Waals surface area (Å²) in [4.78, 5) is 19.1. The molecule has 4 rings (SSSR count). The fourth-order valence-corrected chi connectivity index (χ4v) is 3.40. The molecule has 154 valence electrons. The molecule has 8 heteroatoms. The molecule has 0 saturated heterocycles. The molecule has 2 aliphatic heterocycles. The summed E-state index contributed by atoms with van der Waals surface area (Å²) in [5, 5.41) is 6.32. The van der Waals surface area contributed by atoms with Crippen molar-refractivity contribution in [1.29, 1.82) is 0 Å². The molecule has 2 aliphatic rings. The molecule has 0 unspecified atom stereocenters. The zero-order chi connectivity index (χ0) is 19.3. The molecule has 1 amide bonds. The lowest BCUT2D eigenvalue weighted by Crippen LogP contribution is -2.44. The lowest BCUT2D eigenvalue weighted by Gasteiger charge is -2.18. The molecule has 0 radical (unpaired) electrons. The van der Waals surface area contributed by atoms with E-state index in [0.29, 0.717) is 19.0 Å². The number of rotatable bonds is 5. The Hall–Kier alpha value is -2.49. The highest BCUT2D eigenvalue weighted by molar-refractivity contribution is 14.0. The Morgan fingerprint density at radius 2 is 1.97 bits per heavy atom. The maximum atomic E-state index is 12.7. The number of nitrogens with zero attached hydrogens (tertiary/aromatic N) is 2. The van der Waals surface area contributed by atoms with Crippen LogP contribution in [0.15, 0.2) is 47.5 Å². The maximum Gasteiger partial charge on any atom is 0.246 e. The van der Waals surface area contributed by atoms with Crippen molar-refractivity contribution in [3.05, 3.63) is 53.6 Å². The van der Waals surface area contributed by atoms with Crippen LogP contribution in [0.5, 0.6) is 11.5 Å². The van der Waals surface area contributed by atoms with E-state index in [0.717, 1.165) is 35.7 Å². The van der Waals surface area contributed by atoms with E-state index in [9.17, 15) is 4.79 Å². The fraction of sp³-hybridized carbons (Fsp3) is 0.333. The lowest BCUT2D eigenvalue weighted by atomic mass is 10.2. The van der Waals surface area contributed by atoms with Crippen LogP contribution in [0, 0.1) is 0 Å². The summed E-state index contributed by atoms with van der Waals surface area (Å²) >= 11 is 0. The first-order valence-electron chi connectivity index (χ1n) is 9.53. The minimum absolute atomic E-state index is 0. The Morgan fingerprint density at radius 3 is 2.83 bits per heavy atom. The molecule has 0 saturated carbocycles. The van der Waals surface area contributed by atoms with Crippen LogP contribution in [-0.2, 0) is 17.8 Å². The number of carbonyl (C=O) groups excluding carboxylic acids is 1. The largest absolute Gasteiger partial charge is 0.454 e. The lowest BCUT2D eigenvalue weighted by molar-refractivity contribution is -0.117. The molecule has 0 bridgehead atoms. The van der Waals surface area contributed by atoms with Gasteiger partial charge in [0.15, 0.2) is 17.5 Å². The number of fused-ring (bicyclic) bond motifs is 2. The van der Waals surface area contributed by atoms with E-state index < -0.39 is 0 Å². The monoisotopic (exact) mass is 508 g/mol. The minimum atomic E-state index is 0. The highest BCUT2D eigenvalue weighted by Crippen LogP contribution is 2.32. The summed E-state index contributed by atoms with van der Waals surface area (Å²) in [6, 6.07) is 13.8. The number of aliphatic imine (C=N–C) groups is 1. The molecule has 2 aromatic carbocycles. The summed E-state index contributed by atoms with van der Waals surface area (Å²) in [5.74, 6) is 2.16. The minimum Gasteiger partial charge on any atom is -0.454 e. The topological polar surface area (TPSA) is 75.2 Å². The SMILES string of the molecule is CCNC(=NCc1ccc2c(c1)OCO2)NCC(=O)N1CCc2ccccc21.I. The number of hydrogen-bond acceptors (Lipinski definition) is 4. The first-order chi connectivity index (χ1) is 13.7. The van der Waals surface area contributed by atoms with Crippen LogP contribution in [-0.4, -0.2) is 38.3 Å². The molecule has 2 aromatic rings. The number of benzene rings is 2. The second-order valence-corrected chi connectivity index (χ2v) is 6.66. The summed E-state index contributed by atoms with van der Waals surface area (Å²) in [7, 11) is 0. The summed E-state index contributed by atoms with van der Waals surface area (Å²) < 4.78 is 10.7. The van der Waals surface area contributed by atoms with Crippen molar-refractivity contribution in [3.63, 3.8) is 0 Å². The van der Waals surface area contributed by atoms with Gasteiger partial charge in [-0.3, -0.25) is 4.79 Å². The second-order valence-electron chi connectivity index (χ2n) is 6.66. The van der Waals surface area contributed by atoms with Gasteiger partial charge in [-0.15, -0.1) is 24.0 Å². The smallest absolute Gasteiger partial charge is 0.246 e. The van der Waals surface area contributed by atoms with Crippen molar-refractivity contribution in [2.75, 3.05) is 31.3 Å². The quantitative estimate of drug-likeness (QED) is 0.369. The Bertz CT molecular complexity index is 903. The molecule has 2 heterocycles. The molecule has 0 spiro atoms. The van der Waals surface area contributed by atoms with E-state index in [1.807, 2.05) is 48.2 Å². The van der Waals surface area contributed by atoms with E-state index in [1.54, 1.807) is 0 Å². The fourth-order valence-electron chi connectivity index (χ4n) is 3.40. The molecular formula is C21H25IN4O3. The first kappa shape index (κ1) is 21.2. The third kappa shape index (κ3) is 4.92. The van der Waals surface area contributed by atoms with E-state index in [-0.39, 0.29) is 43.2 Å². The molecule has 0 aliphatic carbocycles. The van der Waals surface area contributed by atoms with Gasteiger partial charge in [0, 0.05) is 18.8 Å². The number of hydrogen-bond donors (Lipinski definition) is 2. The van der Waals surface area contributed by atoms with Crippen molar-refractivity contribution < 1.29 is 14.3 Å². The van der Waals surface area contributed by atoms with Crippen LogP contribution < -0.4 is 25.0 Å². The molecule has 29 heavy (non-hydrogen) atoms. The standard InChI is InChI=1S/C21H24N4O3.HI/c1-2-22-21(23-12-15-7-8-18-19(11-15)28-14-27-18)24-13-20(26)25-10-9-16-5-3-4-6-17(16)25;/h3-8,11H,2,9-10,12-14H2,1H3,(H2,22,23,24);1H. The average Bonchev–Trinajstić information content (AvgIpc) is 3.36. The van der Waals surface area contributed by atoms with Gasteiger partial charge in [0.25, 0.3) is 0 Å². The van der Waals surface area contributed by atoms with Crippen molar-refractivity contribution in [3.8, 4) is 11.5 Å². The van der Waals surface area contributed by atoms with Gasteiger partial charge in [0.05, 0.1) is 13.1 Å². The Kier molecular flexibility index (Phi) is 7.18. The zero-order valence-corrected chi connectivity index (χ0v) is 18.6. The normalized spacial score (nSPS) is 14.2. The third-order valence-electron chi connectivity index (χ3n) is 4.80. The summed E-state index contributed by atoms with van der Waals surface area (Å²) in [5.41, 5.74) is 3.25. The summed E-state index contributed by atoms with van der Waals surface area (Å²) in [6.45, 7) is 4.37. The molecule has 0 aromatic heterocycles. The Morgan fingerprint density at radius 1 is 1.14 bits per heavy atom. The number of amides is 1. The molecular weight excluding hydrogens is 483 g/mol. The van der Waals surface area contributed by atoms with Crippen molar-refractivity contribution in [2.24, 2.45) is 4.99 Å². The van der Waals surface area contributed by atoms with Gasteiger partial charge in [-0.1, -0.05) is 24.3 Å². The predicted octanol–water partition coefficient (Wildman–Crippen LogP) is 2.68. The molecule has 2 N–H and O–H groups in total. The van der Waals surface area contributed by atoms with Crippen LogP contribution in [0.25, 0.3) is 0 Å². The van der Waals surface area contributed by atoms with Gasteiger partial charge in [-0.05, 0) is 42.7 Å². The van der Waals surface area contributed by atoms with Crippen LogP contribution in [0.4, 0.5) is 5.69 Å². The van der Waals surface area contributed by atoms with E-state index in [2.05, 4.69) is 21.7 Å². The van der Waals surface area contributed by atoms with E-state index in [4.69, 9.17) is 9.47 Å². The van der Waals surface area contributed by atoms with Crippen LogP contribution in [0.2, 0.25) is 0 Å². The van der Waals surface area contributed by atoms with Crippen molar-refractivity contribution in [1.82, 2.24) is 10.6 Å². The summed E-state index contributed by atoms with van der Waals surface area (Å²) in [6.07, 6.45) is 0.903. The van der Waals surface area contributed by atoms with Gasteiger partial charge >= 0.3 is 0 Å². The Labute approximate surface area is 187 Å². The zero-order valence-electron chi connectivity index (χ0n) is 16.3. The third-order valence-corrected chi connectivity index (χ3v) is 4.80. The van der Waals surface area contributed by atoms with Gasteiger partial charge in [0.1, 0.15) is 0 Å². The second kappa shape index (κ2) is 9.82. The predicted molar refractivity (Wildman–Crippen MR) is 123 cm³/mol. The number of carbonyl (C=O) groups is 1. The highest BCUT2D eigenvalue weighted by Gasteiger charge is 2.23. The van der Waals surface area contributed by atoms with Crippen molar-refractivity contribution in [2.45, 2.75) is 19.9 Å². The number of halogens is 1. The van der Waals surface area contributed by atoms with Crippen LogP contribution in [0.3, 0.4) is 0 Å². The first-order valence-corrected chi connectivity index (χ1v) is 9.53. The van der Waals surface area contributed by atoms with E-state index in [1.165, 1.54) is 5.56 Å². The van der Waals surface area contributed by atoms with Crippen molar-refractivity contribution >= 4 is 41.5 Å². The molecule has 0 fully saturated rings. The highest BCUT2D eigenvalue weighted by atomic mass is 127. The number of para-hydroxylation sites is 1. The number of anilines is 1. The van der Waals surface area contributed by atoms with Gasteiger partial charge in [-0.2, -0.15) is 0 Å². The van der Waals surface area contributed by atoms with E-state index >= 15 is 0 Å². The van der Waals surface area contributed by atoms with Gasteiger partial charge < -0.3 is 25.0 Å². The van der Waals surface area contributed by atoms with Crippen LogP contribution >= 0.6 is 24.0 Å². The molecule has 7 nitrogen and oxygen atoms in total. The molecule has 0 atom stereocenters. The van der Waals surface area contributed by atoms with Gasteiger partial charge in [-0.25, -0.2) is 4.99 Å². The number of nitrogens with one attached hydrogen (secondary N) is 2. The average molecular weight is 508 g/mol. The Balaban J connectivity index is 0.00000240. The van der Waals surface area contributed by atoms with Gasteiger partial charge in [0.2, 0.25) is 12.7 Å². The maximum absolute atomic E-state index is 12.7. The number of guanidine groups is 1. The van der Waals surface area contributed by atoms with Crippen LogP contribution in [0.1, 0.15) is 18.1 Å². The number of ether oxygens (including phenoxy) is 2.